The molecule has 0 aliphatic rings. The highest BCUT2D eigenvalue weighted by Crippen LogP contribution is 2.13. The zero-order valence-corrected chi connectivity index (χ0v) is 11.1. The van der Waals surface area contributed by atoms with Crippen LogP contribution in [-0.4, -0.2) is 35.3 Å². The van der Waals surface area contributed by atoms with Gasteiger partial charge in [-0.3, -0.25) is 9.20 Å². The molecular formula is C13H14F3N3O2. The summed E-state index contributed by atoms with van der Waals surface area (Å²) in [6.07, 6.45) is -2.69. The number of fused-ring (bicyclic) bond motifs is 1. The number of rotatable bonds is 6. The first-order valence-corrected chi connectivity index (χ1v) is 6.28. The number of hydrogen-bond donors (Lipinski definition) is 1. The Morgan fingerprint density at radius 1 is 1.33 bits per heavy atom. The predicted molar refractivity (Wildman–Crippen MR) is 70.0 cm³/mol. The Balaban J connectivity index is 1.83. The summed E-state index contributed by atoms with van der Waals surface area (Å²) in [7, 11) is 0. The number of nitrogens with zero attached hydrogens (tertiary/aromatic N) is 2. The molecule has 0 saturated carbocycles. The summed E-state index contributed by atoms with van der Waals surface area (Å²) >= 11 is 0. The topological polar surface area (TPSA) is 55.6 Å². The van der Waals surface area contributed by atoms with Crippen LogP contribution in [0.5, 0.6) is 0 Å². The summed E-state index contributed by atoms with van der Waals surface area (Å²) in [6, 6.07) is 6.59. The van der Waals surface area contributed by atoms with Crippen molar-refractivity contribution >= 4 is 5.65 Å². The second kappa shape index (κ2) is 6.68. The minimum absolute atomic E-state index is 0.0634. The molecule has 1 N–H and O–H groups in total. The van der Waals surface area contributed by atoms with Gasteiger partial charge in [0.05, 0.1) is 12.3 Å². The lowest BCUT2D eigenvalue weighted by Gasteiger charge is -2.08. The van der Waals surface area contributed by atoms with E-state index in [1.807, 2.05) is 0 Å². The van der Waals surface area contributed by atoms with Gasteiger partial charge < -0.3 is 10.1 Å². The van der Waals surface area contributed by atoms with Crippen molar-refractivity contribution in [1.29, 1.82) is 0 Å². The first-order valence-electron chi connectivity index (χ1n) is 6.28. The summed E-state index contributed by atoms with van der Waals surface area (Å²) in [5.74, 6) is 0. The van der Waals surface area contributed by atoms with Gasteiger partial charge >= 0.3 is 6.18 Å². The molecule has 114 valence electrons. The van der Waals surface area contributed by atoms with Crippen molar-refractivity contribution in [2.75, 3.05) is 19.8 Å². The van der Waals surface area contributed by atoms with Crippen LogP contribution in [0.4, 0.5) is 13.2 Å². The van der Waals surface area contributed by atoms with Crippen molar-refractivity contribution in [2.24, 2.45) is 0 Å². The van der Waals surface area contributed by atoms with Gasteiger partial charge in [-0.2, -0.15) is 13.2 Å². The molecule has 2 rings (SSSR count). The highest BCUT2D eigenvalue weighted by atomic mass is 19.4. The molecular weight excluding hydrogens is 287 g/mol. The van der Waals surface area contributed by atoms with Crippen LogP contribution in [0.1, 0.15) is 5.69 Å². The van der Waals surface area contributed by atoms with E-state index in [1.165, 1.54) is 10.5 Å². The zero-order valence-electron chi connectivity index (χ0n) is 11.1. The van der Waals surface area contributed by atoms with E-state index >= 15 is 0 Å². The summed E-state index contributed by atoms with van der Waals surface area (Å²) in [4.78, 5) is 16.1. The van der Waals surface area contributed by atoms with Gasteiger partial charge in [0.25, 0.3) is 5.56 Å². The predicted octanol–water partition coefficient (Wildman–Crippen LogP) is 1.36. The molecule has 0 saturated heterocycles. The minimum atomic E-state index is -4.31. The largest absolute Gasteiger partial charge is 0.411 e. The van der Waals surface area contributed by atoms with E-state index in [1.54, 1.807) is 24.4 Å². The number of hydrogen-bond acceptors (Lipinski definition) is 4. The molecule has 2 aromatic rings. The van der Waals surface area contributed by atoms with Crippen molar-refractivity contribution < 1.29 is 17.9 Å². The molecule has 0 spiro atoms. The average molecular weight is 301 g/mol. The molecule has 0 aromatic carbocycles. The smallest absolute Gasteiger partial charge is 0.371 e. The van der Waals surface area contributed by atoms with Crippen LogP contribution in [0.3, 0.4) is 0 Å². The molecule has 0 unspecified atom stereocenters. The van der Waals surface area contributed by atoms with Crippen LogP contribution in [0, 0.1) is 0 Å². The fourth-order valence-corrected chi connectivity index (χ4v) is 1.74. The highest BCUT2D eigenvalue weighted by Gasteiger charge is 2.27. The Hall–Kier alpha value is -1.93. The van der Waals surface area contributed by atoms with Gasteiger partial charge in [0, 0.05) is 25.4 Å². The minimum Gasteiger partial charge on any atom is -0.371 e. The van der Waals surface area contributed by atoms with Crippen LogP contribution < -0.4 is 10.9 Å². The molecule has 0 bridgehead atoms. The van der Waals surface area contributed by atoms with Crippen LogP contribution in [0.15, 0.2) is 35.3 Å². The van der Waals surface area contributed by atoms with Gasteiger partial charge in [0.2, 0.25) is 0 Å². The van der Waals surface area contributed by atoms with Gasteiger partial charge in [-0.1, -0.05) is 6.07 Å². The van der Waals surface area contributed by atoms with Crippen LogP contribution in [0.2, 0.25) is 0 Å². The molecule has 0 radical (unpaired) electrons. The Bertz CT molecular complexity index is 655. The number of pyridine rings is 1. The first-order chi connectivity index (χ1) is 9.96. The lowest BCUT2D eigenvalue weighted by atomic mass is 10.3. The van der Waals surface area contributed by atoms with Crippen molar-refractivity contribution in [3.8, 4) is 0 Å². The van der Waals surface area contributed by atoms with E-state index in [4.69, 9.17) is 0 Å². The molecule has 5 nitrogen and oxygen atoms in total. The van der Waals surface area contributed by atoms with E-state index in [0.717, 1.165) is 0 Å². The molecule has 0 amide bonds. The molecule has 8 heteroatoms. The van der Waals surface area contributed by atoms with E-state index in [2.05, 4.69) is 15.0 Å². The number of halogens is 3. The third-order valence-corrected chi connectivity index (χ3v) is 2.62. The SMILES string of the molecule is O=c1cc(CNCCOCC(F)(F)F)nc2ccccn12. The summed E-state index contributed by atoms with van der Waals surface area (Å²) in [5, 5.41) is 2.88. The van der Waals surface area contributed by atoms with E-state index in [9.17, 15) is 18.0 Å². The maximum absolute atomic E-state index is 11.8. The maximum atomic E-state index is 11.8. The Morgan fingerprint density at radius 3 is 2.90 bits per heavy atom. The van der Waals surface area contributed by atoms with Crippen molar-refractivity contribution in [3.05, 3.63) is 46.5 Å². The third kappa shape index (κ3) is 4.83. The fourth-order valence-electron chi connectivity index (χ4n) is 1.74. The fraction of sp³-hybridized carbons (Fsp3) is 0.385. The lowest BCUT2D eigenvalue weighted by molar-refractivity contribution is -0.173. The Morgan fingerprint density at radius 2 is 2.14 bits per heavy atom. The van der Waals surface area contributed by atoms with Gasteiger partial charge in [-0.25, -0.2) is 4.98 Å². The van der Waals surface area contributed by atoms with E-state index in [-0.39, 0.29) is 25.3 Å². The lowest BCUT2D eigenvalue weighted by Crippen LogP contribution is -2.25. The first kappa shape index (κ1) is 15.5. The highest BCUT2D eigenvalue weighted by molar-refractivity contribution is 5.37. The number of alkyl halides is 3. The molecule has 0 aliphatic heterocycles. The average Bonchev–Trinajstić information content (AvgIpc) is 2.41. The Labute approximate surface area is 118 Å². The monoisotopic (exact) mass is 301 g/mol. The molecule has 0 aliphatic carbocycles. The van der Waals surface area contributed by atoms with Crippen LogP contribution in [0.25, 0.3) is 5.65 Å². The molecule has 21 heavy (non-hydrogen) atoms. The number of ether oxygens (including phenoxy) is 1. The quantitative estimate of drug-likeness (QED) is 0.819. The van der Waals surface area contributed by atoms with Gasteiger partial charge in [0.15, 0.2) is 0 Å². The summed E-state index contributed by atoms with van der Waals surface area (Å²) in [6.45, 7) is -0.793. The second-order valence-corrected chi connectivity index (χ2v) is 4.36. The summed E-state index contributed by atoms with van der Waals surface area (Å²) in [5.41, 5.74) is 0.850. The maximum Gasteiger partial charge on any atom is 0.411 e. The third-order valence-electron chi connectivity index (χ3n) is 2.62. The number of nitrogens with one attached hydrogen (secondary N) is 1. The second-order valence-electron chi connectivity index (χ2n) is 4.36. The van der Waals surface area contributed by atoms with Crippen molar-refractivity contribution in [3.63, 3.8) is 0 Å². The normalized spacial score (nSPS) is 12.0. The molecule has 2 aromatic heterocycles. The van der Waals surface area contributed by atoms with Crippen molar-refractivity contribution in [1.82, 2.24) is 14.7 Å². The van der Waals surface area contributed by atoms with E-state index in [0.29, 0.717) is 11.3 Å². The van der Waals surface area contributed by atoms with Crippen LogP contribution in [-0.2, 0) is 11.3 Å². The summed E-state index contributed by atoms with van der Waals surface area (Å²) < 4.78 is 41.4. The van der Waals surface area contributed by atoms with Gasteiger partial charge in [-0.05, 0) is 12.1 Å². The van der Waals surface area contributed by atoms with Crippen molar-refractivity contribution in [2.45, 2.75) is 12.7 Å². The number of aromatic nitrogens is 2. The molecule has 0 atom stereocenters. The standard InChI is InChI=1S/C13H14F3N3O2/c14-13(15,16)9-21-6-4-17-8-10-7-12(20)19-5-2-1-3-11(19)18-10/h1-3,5,7,17H,4,6,8-9H2. The molecule has 2 heterocycles. The molecule has 0 fully saturated rings. The van der Waals surface area contributed by atoms with Gasteiger partial charge in [-0.15, -0.1) is 0 Å². The zero-order chi connectivity index (χ0) is 15.3. The van der Waals surface area contributed by atoms with Crippen LogP contribution >= 0.6 is 0 Å². The van der Waals surface area contributed by atoms with Gasteiger partial charge in [0.1, 0.15) is 12.3 Å². The Kier molecular flexibility index (Phi) is 4.92. The van der Waals surface area contributed by atoms with E-state index < -0.39 is 12.8 Å².